The van der Waals surface area contributed by atoms with E-state index in [0.717, 1.165) is 11.3 Å². The standard InChI is InChI=1S/C11H15N3O/c1-8-3-2-4-10(5-8)14-7-9(6-12)13-11(14)15/h2-5,9H,6-7,12H2,1H3,(H,13,15). The van der Waals surface area contributed by atoms with Crippen LogP contribution >= 0.6 is 0 Å². The number of amides is 2. The van der Waals surface area contributed by atoms with Crippen molar-refractivity contribution in [1.29, 1.82) is 0 Å². The largest absolute Gasteiger partial charge is 0.332 e. The first-order valence-corrected chi connectivity index (χ1v) is 5.05. The summed E-state index contributed by atoms with van der Waals surface area (Å²) in [6.45, 7) is 3.14. The Bertz CT molecular complexity index is 378. The van der Waals surface area contributed by atoms with E-state index in [1.807, 2.05) is 31.2 Å². The molecule has 80 valence electrons. The molecule has 1 fully saturated rings. The number of nitrogens with zero attached hydrogens (tertiary/aromatic N) is 1. The van der Waals surface area contributed by atoms with Crippen LogP contribution in [0.4, 0.5) is 10.5 Å². The Labute approximate surface area is 89.1 Å². The van der Waals surface area contributed by atoms with Gasteiger partial charge in [-0.15, -0.1) is 0 Å². The first-order chi connectivity index (χ1) is 7.20. The van der Waals surface area contributed by atoms with E-state index in [4.69, 9.17) is 5.73 Å². The van der Waals surface area contributed by atoms with E-state index in [1.165, 1.54) is 0 Å². The minimum atomic E-state index is -0.0592. The molecule has 0 aromatic heterocycles. The molecule has 15 heavy (non-hydrogen) atoms. The normalized spacial score (nSPS) is 20.5. The van der Waals surface area contributed by atoms with Crippen LogP contribution in [0.2, 0.25) is 0 Å². The molecule has 1 aromatic rings. The maximum Gasteiger partial charge on any atom is 0.322 e. The topological polar surface area (TPSA) is 58.4 Å². The van der Waals surface area contributed by atoms with Gasteiger partial charge in [0.25, 0.3) is 0 Å². The number of benzene rings is 1. The molecule has 1 aromatic carbocycles. The zero-order valence-corrected chi connectivity index (χ0v) is 8.73. The van der Waals surface area contributed by atoms with Crippen molar-refractivity contribution in [2.75, 3.05) is 18.0 Å². The molecule has 2 rings (SSSR count). The molecule has 4 nitrogen and oxygen atoms in total. The predicted molar refractivity (Wildman–Crippen MR) is 59.9 cm³/mol. The van der Waals surface area contributed by atoms with Crippen molar-refractivity contribution in [2.45, 2.75) is 13.0 Å². The molecule has 4 heteroatoms. The molecule has 1 heterocycles. The Morgan fingerprint density at radius 1 is 1.60 bits per heavy atom. The number of carbonyl (C=O) groups excluding carboxylic acids is 1. The Morgan fingerprint density at radius 3 is 3.00 bits per heavy atom. The summed E-state index contributed by atoms with van der Waals surface area (Å²) in [6, 6.07) is 7.91. The lowest BCUT2D eigenvalue weighted by Gasteiger charge is -2.14. The summed E-state index contributed by atoms with van der Waals surface area (Å²) in [6.07, 6.45) is 0. The highest BCUT2D eigenvalue weighted by atomic mass is 16.2. The molecule has 2 amide bonds. The van der Waals surface area contributed by atoms with Crippen LogP contribution in [0.3, 0.4) is 0 Å². The van der Waals surface area contributed by atoms with Crippen LogP contribution in [0.15, 0.2) is 24.3 Å². The SMILES string of the molecule is Cc1cccc(N2CC(CN)NC2=O)c1. The van der Waals surface area contributed by atoms with E-state index < -0.39 is 0 Å². The lowest BCUT2D eigenvalue weighted by atomic mass is 10.2. The van der Waals surface area contributed by atoms with Crippen LogP contribution in [0.25, 0.3) is 0 Å². The van der Waals surface area contributed by atoms with Crippen LogP contribution in [-0.4, -0.2) is 25.2 Å². The summed E-state index contributed by atoms with van der Waals surface area (Å²) in [5, 5.41) is 2.83. The van der Waals surface area contributed by atoms with Gasteiger partial charge in [-0.05, 0) is 24.6 Å². The maximum atomic E-state index is 11.6. The molecule has 3 N–H and O–H groups in total. The van der Waals surface area contributed by atoms with Gasteiger partial charge in [-0.3, -0.25) is 4.90 Å². The van der Waals surface area contributed by atoms with E-state index in [1.54, 1.807) is 4.90 Å². The number of anilines is 1. The number of hydrogen-bond acceptors (Lipinski definition) is 2. The second-order valence-corrected chi connectivity index (χ2v) is 3.83. The zero-order valence-electron chi connectivity index (χ0n) is 8.73. The molecule has 1 aliphatic heterocycles. The van der Waals surface area contributed by atoms with E-state index >= 15 is 0 Å². The number of carbonyl (C=O) groups is 1. The number of hydrogen-bond donors (Lipinski definition) is 2. The number of nitrogens with two attached hydrogens (primary N) is 1. The molecule has 0 spiro atoms. The minimum Gasteiger partial charge on any atom is -0.332 e. The van der Waals surface area contributed by atoms with Gasteiger partial charge in [0, 0.05) is 18.8 Å². The predicted octanol–water partition coefficient (Wildman–Crippen LogP) is 0.852. The highest BCUT2D eigenvalue weighted by Crippen LogP contribution is 2.19. The third-order valence-electron chi connectivity index (χ3n) is 2.57. The fraction of sp³-hybridized carbons (Fsp3) is 0.364. The number of rotatable bonds is 2. The van der Waals surface area contributed by atoms with E-state index in [0.29, 0.717) is 13.1 Å². The highest BCUT2D eigenvalue weighted by Gasteiger charge is 2.28. The Balaban J connectivity index is 2.21. The maximum absolute atomic E-state index is 11.6. The second-order valence-electron chi connectivity index (χ2n) is 3.83. The van der Waals surface area contributed by atoms with Crippen LogP contribution in [0.1, 0.15) is 5.56 Å². The smallest absolute Gasteiger partial charge is 0.322 e. The molecule has 0 bridgehead atoms. The molecule has 1 aliphatic rings. The van der Waals surface area contributed by atoms with Crippen molar-refractivity contribution >= 4 is 11.7 Å². The fourth-order valence-electron chi connectivity index (χ4n) is 1.75. The van der Waals surface area contributed by atoms with Crippen molar-refractivity contribution in [3.05, 3.63) is 29.8 Å². The third-order valence-corrected chi connectivity index (χ3v) is 2.57. The van der Waals surface area contributed by atoms with Gasteiger partial charge in [-0.2, -0.15) is 0 Å². The summed E-state index contributed by atoms with van der Waals surface area (Å²) in [5.41, 5.74) is 7.61. The van der Waals surface area contributed by atoms with Gasteiger partial charge in [-0.1, -0.05) is 12.1 Å². The third kappa shape index (κ3) is 1.94. The fourth-order valence-corrected chi connectivity index (χ4v) is 1.75. The Morgan fingerprint density at radius 2 is 2.40 bits per heavy atom. The van der Waals surface area contributed by atoms with E-state index in [-0.39, 0.29) is 12.1 Å². The van der Waals surface area contributed by atoms with Crippen LogP contribution in [0.5, 0.6) is 0 Å². The summed E-state index contributed by atoms with van der Waals surface area (Å²) in [5.74, 6) is 0. The molecule has 0 saturated carbocycles. The minimum absolute atomic E-state index is 0.0592. The van der Waals surface area contributed by atoms with Crippen molar-refractivity contribution in [1.82, 2.24) is 5.32 Å². The van der Waals surface area contributed by atoms with Gasteiger partial charge in [-0.25, -0.2) is 4.79 Å². The van der Waals surface area contributed by atoms with E-state index in [2.05, 4.69) is 5.32 Å². The van der Waals surface area contributed by atoms with Gasteiger partial charge in [0.2, 0.25) is 0 Å². The number of aryl methyl sites for hydroxylation is 1. The first-order valence-electron chi connectivity index (χ1n) is 5.05. The summed E-state index contributed by atoms with van der Waals surface area (Å²) >= 11 is 0. The molecular weight excluding hydrogens is 190 g/mol. The lowest BCUT2D eigenvalue weighted by molar-refractivity contribution is 0.251. The highest BCUT2D eigenvalue weighted by molar-refractivity contribution is 5.94. The quantitative estimate of drug-likeness (QED) is 0.752. The van der Waals surface area contributed by atoms with Crippen molar-refractivity contribution in [3.8, 4) is 0 Å². The van der Waals surface area contributed by atoms with Crippen molar-refractivity contribution in [3.63, 3.8) is 0 Å². The molecular formula is C11H15N3O. The summed E-state index contributed by atoms with van der Waals surface area (Å²) in [7, 11) is 0. The van der Waals surface area contributed by atoms with Crippen molar-refractivity contribution in [2.24, 2.45) is 5.73 Å². The average molecular weight is 205 g/mol. The van der Waals surface area contributed by atoms with Crippen LogP contribution in [-0.2, 0) is 0 Å². The van der Waals surface area contributed by atoms with Crippen LogP contribution in [0, 0.1) is 6.92 Å². The van der Waals surface area contributed by atoms with Crippen molar-refractivity contribution < 1.29 is 4.79 Å². The molecule has 0 radical (unpaired) electrons. The van der Waals surface area contributed by atoms with E-state index in [9.17, 15) is 4.79 Å². The van der Waals surface area contributed by atoms with Gasteiger partial charge in [0.05, 0.1) is 6.04 Å². The lowest BCUT2D eigenvalue weighted by Crippen LogP contribution is -2.33. The molecule has 1 saturated heterocycles. The Hall–Kier alpha value is -1.55. The number of nitrogens with one attached hydrogen (secondary N) is 1. The Kier molecular flexibility index (Phi) is 2.60. The molecule has 0 aliphatic carbocycles. The first kappa shape index (κ1) is 9.98. The second kappa shape index (κ2) is 3.90. The van der Waals surface area contributed by atoms with Gasteiger partial charge >= 0.3 is 6.03 Å². The number of urea groups is 1. The van der Waals surface area contributed by atoms with Gasteiger partial charge in [0.15, 0.2) is 0 Å². The zero-order chi connectivity index (χ0) is 10.8. The summed E-state index contributed by atoms with van der Waals surface area (Å²) < 4.78 is 0. The van der Waals surface area contributed by atoms with Gasteiger partial charge < -0.3 is 11.1 Å². The van der Waals surface area contributed by atoms with Gasteiger partial charge in [0.1, 0.15) is 0 Å². The summed E-state index contributed by atoms with van der Waals surface area (Å²) in [4.78, 5) is 13.3. The average Bonchev–Trinajstić information content (AvgIpc) is 2.60. The molecule has 1 unspecified atom stereocenters. The monoisotopic (exact) mass is 205 g/mol. The van der Waals surface area contributed by atoms with Crippen LogP contribution < -0.4 is 16.0 Å². The molecule has 1 atom stereocenters.